The molecule has 4 aromatic rings. The van der Waals surface area contributed by atoms with Gasteiger partial charge in [0, 0.05) is 0 Å². The van der Waals surface area contributed by atoms with Crippen molar-refractivity contribution >= 4 is 10.9 Å². The van der Waals surface area contributed by atoms with Crippen molar-refractivity contribution in [2.75, 3.05) is 0 Å². The second-order valence-corrected chi connectivity index (χ2v) is 5.18. The first kappa shape index (κ1) is 13.4. The highest BCUT2D eigenvalue weighted by molar-refractivity contribution is 5.80. The van der Waals surface area contributed by atoms with E-state index >= 15 is 0 Å². The van der Waals surface area contributed by atoms with Crippen LogP contribution in [-0.4, -0.2) is 19.7 Å². The molecule has 0 amide bonds. The van der Waals surface area contributed by atoms with Gasteiger partial charge in [-0.3, -0.25) is 9.36 Å². The second kappa shape index (κ2) is 5.20. The summed E-state index contributed by atoms with van der Waals surface area (Å²) in [4.78, 5) is 21.2. The predicted octanol–water partition coefficient (Wildman–Crippen LogP) is 2.40. The molecule has 0 saturated carbocycles. The minimum absolute atomic E-state index is 0.131. The van der Waals surface area contributed by atoms with Crippen LogP contribution >= 0.6 is 0 Å². The van der Waals surface area contributed by atoms with Crippen LogP contribution in [-0.2, 0) is 6.54 Å². The zero-order chi connectivity index (χ0) is 15.8. The van der Waals surface area contributed by atoms with Gasteiger partial charge >= 0.3 is 0 Å². The van der Waals surface area contributed by atoms with Gasteiger partial charge in [-0.05, 0) is 24.6 Å². The third-order valence-electron chi connectivity index (χ3n) is 3.60. The van der Waals surface area contributed by atoms with E-state index in [-0.39, 0.29) is 12.1 Å². The molecular weight excluding hydrogens is 296 g/mol. The Balaban J connectivity index is 1.71. The van der Waals surface area contributed by atoms with Gasteiger partial charge in [0.1, 0.15) is 6.26 Å². The summed E-state index contributed by atoms with van der Waals surface area (Å²) in [5, 5.41) is 4.47. The van der Waals surface area contributed by atoms with E-state index < -0.39 is 0 Å². The summed E-state index contributed by atoms with van der Waals surface area (Å²) < 4.78 is 11.6. The van der Waals surface area contributed by atoms with E-state index in [2.05, 4.69) is 15.1 Å². The van der Waals surface area contributed by atoms with E-state index in [1.165, 1.54) is 23.4 Å². The van der Waals surface area contributed by atoms with Crippen LogP contribution in [0.15, 0.2) is 56.9 Å². The molecule has 0 aliphatic carbocycles. The first-order valence-electron chi connectivity index (χ1n) is 7.02. The van der Waals surface area contributed by atoms with Crippen LogP contribution in [0.4, 0.5) is 0 Å². The number of benzene rings is 1. The molecule has 0 atom stereocenters. The van der Waals surface area contributed by atoms with Gasteiger partial charge in [0.05, 0.1) is 35.6 Å². The summed E-state index contributed by atoms with van der Waals surface area (Å²) in [7, 11) is 0. The molecule has 0 spiro atoms. The molecule has 23 heavy (non-hydrogen) atoms. The lowest BCUT2D eigenvalue weighted by atomic mass is 10.1. The summed E-state index contributed by atoms with van der Waals surface area (Å²) in [6.45, 7) is 2.12. The maximum Gasteiger partial charge on any atom is 0.261 e. The SMILES string of the molecule is Cc1cccc2c(=O)n(Cc3noc(-c4ccoc4)n3)cnc12. The Labute approximate surface area is 130 Å². The molecule has 7 nitrogen and oxygen atoms in total. The van der Waals surface area contributed by atoms with Crippen LogP contribution < -0.4 is 5.56 Å². The van der Waals surface area contributed by atoms with Crippen molar-refractivity contribution < 1.29 is 8.94 Å². The van der Waals surface area contributed by atoms with Crippen molar-refractivity contribution in [3.05, 3.63) is 64.9 Å². The van der Waals surface area contributed by atoms with Crippen molar-refractivity contribution in [1.82, 2.24) is 19.7 Å². The lowest BCUT2D eigenvalue weighted by Gasteiger charge is -2.05. The lowest BCUT2D eigenvalue weighted by molar-refractivity contribution is 0.419. The van der Waals surface area contributed by atoms with Crippen LogP contribution in [0.1, 0.15) is 11.4 Å². The summed E-state index contributed by atoms with van der Waals surface area (Å²) in [5.74, 6) is 0.753. The molecule has 0 aliphatic heterocycles. The Morgan fingerprint density at radius 3 is 3.00 bits per heavy atom. The zero-order valence-electron chi connectivity index (χ0n) is 12.3. The molecule has 0 saturated heterocycles. The van der Waals surface area contributed by atoms with E-state index in [0.717, 1.165) is 5.56 Å². The largest absolute Gasteiger partial charge is 0.472 e. The monoisotopic (exact) mass is 308 g/mol. The van der Waals surface area contributed by atoms with Crippen LogP contribution in [0.3, 0.4) is 0 Å². The van der Waals surface area contributed by atoms with Crippen molar-refractivity contribution in [2.45, 2.75) is 13.5 Å². The summed E-state index contributed by atoms with van der Waals surface area (Å²) in [6.07, 6.45) is 4.55. The van der Waals surface area contributed by atoms with E-state index in [9.17, 15) is 4.79 Å². The third kappa shape index (κ3) is 2.32. The van der Waals surface area contributed by atoms with Gasteiger partial charge in [-0.25, -0.2) is 4.98 Å². The molecule has 1 aromatic carbocycles. The quantitative estimate of drug-likeness (QED) is 0.577. The molecular formula is C16H12N4O3. The lowest BCUT2D eigenvalue weighted by Crippen LogP contribution is -2.21. The Morgan fingerprint density at radius 2 is 2.17 bits per heavy atom. The van der Waals surface area contributed by atoms with Gasteiger partial charge in [-0.1, -0.05) is 17.3 Å². The molecule has 0 bridgehead atoms. The molecule has 0 aliphatic rings. The van der Waals surface area contributed by atoms with Crippen molar-refractivity contribution in [3.8, 4) is 11.5 Å². The molecule has 3 aromatic heterocycles. The molecule has 114 valence electrons. The fourth-order valence-corrected chi connectivity index (χ4v) is 2.42. The fourth-order valence-electron chi connectivity index (χ4n) is 2.42. The second-order valence-electron chi connectivity index (χ2n) is 5.18. The number of hydrogen-bond acceptors (Lipinski definition) is 6. The number of nitrogens with zero attached hydrogens (tertiary/aromatic N) is 4. The van der Waals surface area contributed by atoms with Crippen molar-refractivity contribution in [2.24, 2.45) is 0 Å². The van der Waals surface area contributed by atoms with E-state index in [1.54, 1.807) is 12.1 Å². The van der Waals surface area contributed by atoms with Crippen LogP contribution in [0.5, 0.6) is 0 Å². The maximum atomic E-state index is 12.5. The van der Waals surface area contributed by atoms with E-state index in [1.807, 2.05) is 19.1 Å². The first-order chi connectivity index (χ1) is 11.2. The molecule has 3 heterocycles. The Kier molecular flexibility index (Phi) is 3.04. The third-order valence-corrected chi connectivity index (χ3v) is 3.60. The van der Waals surface area contributed by atoms with Gasteiger partial charge in [0.25, 0.3) is 11.4 Å². The van der Waals surface area contributed by atoms with Crippen LogP contribution in [0.25, 0.3) is 22.4 Å². The molecule has 0 unspecified atom stereocenters. The molecule has 0 radical (unpaired) electrons. The number of aryl methyl sites for hydroxylation is 1. The number of furan rings is 1. The highest BCUT2D eigenvalue weighted by atomic mass is 16.5. The molecule has 0 fully saturated rings. The normalized spacial score (nSPS) is 11.2. The van der Waals surface area contributed by atoms with E-state index in [0.29, 0.717) is 28.2 Å². The summed E-state index contributed by atoms with van der Waals surface area (Å²) >= 11 is 0. The van der Waals surface area contributed by atoms with Gasteiger partial charge in [0.15, 0.2) is 5.82 Å². The van der Waals surface area contributed by atoms with Gasteiger partial charge < -0.3 is 8.94 Å². The van der Waals surface area contributed by atoms with Crippen molar-refractivity contribution in [3.63, 3.8) is 0 Å². The van der Waals surface area contributed by atoms with Crippen LogP contribution in [0.2, 0.25) is 0 Å². The molecule has 4 rings (SSSR count). The van der Waals surface area contributed by atoms with Gasteiger partial charge in [-0.15, -0.1) is 0 Å². The summed E-state index contributed by atoms with van der Waals surface area (Å²) in [6, 6.07) is 7.26. The molecule has 0 N–H and O–H groups in total. The predicted molar refractivity (Wildman–Crippen MR) is 81.8 cm³/mol. The zero-order valence-corrected chi connectivity index (χ0v) is 12.3. The van der Waals surface area contributed by atoms with E-state index in [4.69, 9.17) is 8.94 Å². The fraction of sp³-hybridized carbons (Fsp3) is 0.125. The Hall–Kier alpha value is -3.22. The first-order valence-corrected chi connectivity index (χ1v) is 7.02. The highest BCUT2D eigenvalue weighted by Gasteiger charge is 2.12. The standard InChI is InChI=1S/C16H12N4O3/c1-10-3-2-4-12-14(10)17-9-20(16(12)21)7-13-18-15(23-19-13)11-5-6-22-8-11/h2-6,8-9H,7H2,1H3. The maximum absolute atomic E-state index is 12.5. The number of fused-ring (bicyclic) bond motifs is 1. The van der Waals surface area contributed by atoms with Crippen molar-refractivity contribution in [1.29, 1.82) is 0 Å². The minimum Gasteiger partial charge on any atom is -0.472 e. The summed E-state index contributed by atoms with van der Waals surface area (Å²) in [5.41, 5.74) is 2.24. The van der Waals surface area contributed by atoms with Gasteiger partial charge in [0.2, 0.25) is 0 Å². The highest BCUT2D eigenvalue weighted by Crippen LogP contribution is 2.17. The average Bonchev–Trinajstić information content (AvgIpc) is 3.22. The topological polar surface area (TPSA) is 87.0 Å². The van der Waals surface area contributed by atoms with Crippen LogP contribution in [0, 0.1) is 6.92 Å². The smallest absolute Gasteiger partial charge is 0.261 e. The Bertz CT molecular complexity index is 1030. The average molecular weight is 308 g/mol. The minimum atomic E-state index is -0.131. The number of aromatic nitrogens is 4. The Morgan fingerprint density at radius 1 is 1.26 bits per heavy atom. The number of para-hydroxylation sites is 1. The molecule has 7 heteroatoms. The number of rotatable bonds is 3. The number of hydrogen-bond donors (Lipinski definition) is 0. The van der Waals surface area contributed by atoms with Gasteiger partial charge in [-0.2, -0.15) is 4.98 Å².